The first kappa shape index (κ1) is 13.2. The molecule has 1 amide bonds. The summed E-state index contributed by atoms with van der Waals surface area (Å²) >= 11 is 3.35. The second kappa shape index (κ2) is 6.01. The van der Waals surface area contributed by atoms with E-state index >= 15 is 0 Å². The number of hydrogen-bond donors (Lipinski definition) is 1. The van der Waals surface area contributed by atoms with Gasteiger partial charge in [-0.1, -0.05) is 12.1 Å². The van der Waals surface area contributed by atoms with Crippen molar-refractivity contribution in [1.82, 2.24) is 4.90 Å². The maximum absolute atomic E-state index is 12.0. The van der Waals surface area contributed by atoms with Crippen molar-refractivity contribution in [3.8, 4) is 0 Å². The molecule has 1 N–H and O–H groups in total. The largest absolute Gasteiger partial charge is 0.393 e. The second-order valence-corrected chi connectivity index (χ2v) is 4.70. The van der Waals surface area contributed by atoms with Crippen LogP contribution in [0, 0.1) is 0 Å². The van der Waals surface area contributed by atoms with Crippen molar-refractivity contribution in [3.63, 3.8) is 0 Å². The number of carbonyl (C=O) groups is 1. The third kappa shape index (κ3) is 3.61. The fourth-order valence-corrected chi connectivity index (χ4v) is 1.78. The Morgan fingerprint density at radius 2 is 2.12 bits per heavy atom. The average molecular weight is 286 g/mol. The number of amides is 1. The normalized spacial score (nSPS) is 12.2. The number of rotatable bonds is 4. The summed E-state index contributed by atoms with van der Waals surface area (Å²) in [6, 6.07) is 7.33. The van der Waals surface area contributed by atoms with Crippen LogP contribution in [0.1, 0.15) is 23.7 Å². The summed E-state index contributed by atoms with van der Waals surface area (Å²) in [6.07, 6.45) is 0.210. The molecule has 88 valence electrons. The Morgan fingerprint density at radius 1 is 1.50 bits per heavy atom. The Balaban J connectivity index is 2.67. The molecule has 3 nitrogen and oxygen atoms in total. The summed E-state index contributed by atoms with van der Waals surface area (Å²) in [5.74, 6) is -0.0341. The SMILES string of the molecule is CC(O)CCN(C)C(=O)c1ccccc1Br. The van der Waals surface area contributed by atoms with Gasteiger partial charge in [0.2, 0.25) is 0 Å². The van der Waals surface area contributed by atoms with Crippen LogP contribution in [0.3, 0.4) is 0 Å². The van der Waals surface area contributed by atoms with Gasteiger partial charge in [-0.3, -0.25) is 4.79 Å². The van der Waals surface area contributed by atoms with E-state index < -0.39 is 0 Å². The van der Waals surface area contributed by atoms with E-state index in [-0.39, 0.29) is 12.0 Å². The fourth-order valence-electron chi connectivity index (χ4n) is 1.32. The summed E-state index contributed by atoms with van der Waals surface area (Å²) in [5, 5.41) is 9.16. The molecule has 1 rings (SSSR count). The first-order chi connectivity index (χ1) is 7.52. The van der Waals surface area contributed by atoms with Gasteiger partial charge in [0.25, 0.3) is 5.91 Å². The van der Waals surface area contributed by atoms with Crippen LogP contribution in [0.2, 0.25) is 0 Å². The van der Waals surface area contributed by atoms with E-state index in [4.69, 9.17) is 5.11 Å². The van der Waals surface area contributed by atoms with Gasteiger partial charge in [-0.25, -0.2) is 0 Å². The van der Waals surface area contributed by atoms with Gasteiger partial charge in [0.15, 0.2) is 0 Å². The maximum Gasteiger partial charge on any atom is 0.254 e. The van der Waals surface area contributed by atoms with Gasteiger partial charge in [-0.15, -0.1) is 0 Å². The minimum atomic E-state index is -0.380. The quantitative estimate of drug-likeness (QED) is 0.922. The highest BCUT2D eigenvalue weighted by Gasteiger charge is 2.14. The number of hydrogen-bond acceptors (Lipinski definition) is 2. The van der Waals surface area contributed by atoms with Crippen LogP contribution < -0.4 is 0 Å². The molecule has 0 aliphatic carbocycles. The lowest BCUT2D eigenvalue weighted by atomic mass is 10.2. The number of nitrogens with zero attached hydrogens (tertiary/aromatic N) is 1. The molecule has 0 heterocycles. The maximum atomic E-state index is 12.0. The van der Waals surface area contributed by atoms with Gasteiger partial charge in [-0.05, 0) is 41.4 Å². The zero-order valence-electron chi connectivity index (χ0n) is 9.48. The minimum absolute atomic E-state index is 0.0341. The molecule has 1 unspecified atom stereocenters. The summed E-state index contributed by atoms with van der Waals surface area (Å²) in [5.41, 5.74) is 0.649. The molecule has 0 aliphatic heterocycles. The Hall–Kier alpha value is -0.870. The lowest BCUT2D eigenvalue weighted by molar-refractivity contribution is 0.0768. The van der Waals surface area contributed by atoms with Crippen LogP contribution in [0.4, 0.5) is 0 Å². The average Bonchev–Trinajstić information content (AvgIpc) is 2.25. The highest BCUT2D eigenvalue weighted by Crippen LogP contribution is 2.17. The molecule has 0 bridgehead atoms. The minimum Gasteiger partial charge on any atom is -0.393 e. The van der Waals surface area contributed by atoms with Gasteiger partial charge in [0.1, 0.15) is 0 Å². The predicted molar refractivity (Wildman–Crippen MR) is 67.4 cm³/mol. The van der Waals surface area contributed by atoms with Gasteiger partial charge in [0.05, 0.1) is 11.7 Å². The van der Waals surface area contributed by atoms with Gasteiger partial charge in [-0.2, -0.15) is 0 Å². The van der Waals surface area contributed by atoms with Gasteiger partial charge in [0, 0.05) is 18.1 Å². The van der Waals surface area contributed by atoms with E-state index in [1.54, 1.807) is 24.9 Å². The molecule has 0 spiro atoms. The van der Waals surface area contributed by atoms with E-state index in [0.717, 1.165) is 4.47 Å². The third-order valence-electron chi connectivity index (χ3n) is 2.33. The third-order valence-corrected chi connectivity index (χ3v) is 3.02. The Kier molecular flexibility index (Phi) is 4.96. The molecule has 1 aromatic rings. The molecule has 0 saturated heterocycles. The van der Waals surface area contributed by atoms with Crippen molar-refractivity contribution in [1.29, 1.82) is 0 Å². The van der Waals surface area contributed by atoms with Crippen LogP contribution >= 0.6 is 15.9 Å². The predicted octanol–water partition coefficient (Wildman–Crippen LogP) is 2.29. The lowest BCUT2D eigenvalue weighted by Crippen LogP contribution is -2.29. The van der Waals surface area contributed by atoms with Crippen LogP contribution in [-0.2, 0) is 0 Å². The van der Waals surface area contributed by atoms with Crippen molar-refractivity contribution in [2.45, 2.75) is 19.4 Å². The van der Waals surface area contributed by atoms with E-state index in [1.165, 1.54) is 0 Å². The van der Waals surface area contributed by atoms with E-state index in [9.17, 15) is 4.79 Å². The first-order valence-electron chi connectivity index (χ1n) is 5.20. The van der Waals surface area contributed by atoms with Crippen LogP contribution in [0.25, 0.3) is 0 Å². The molecule has 0 aliphatic rings. The summed E-state index contributed by atoms with van der Waals surface area (Å²) in [6.45, 7) is 2.27. The molecular weight excluding hydrogens is 270 g/mol. The number of halogens is 1. The standard InChI is InChI=1S/C12H16BrNO2/c1-9(15)7-8-14(2)12(16)10-5-3-4-6-11(10)13/h3-6,9,15H,7-8H2,1-2H3. The molecule has 4 heteroatoms. The Bertz CT molecular complexity index is 366. The van der Waals surface area contributed by atoms with E-state index in [1.807, 2.05) is 18.2 Å². The smallest absolute Gasteiger partial charge is 0.254 e. The van der Waals surface area contributed by atoms with Crippen molar-refractivity contribution in [2.75, 3.05) is 13.6 Å². The highest BCUT2D eigenvalue weighted by molar-refractivity contribution is 9.10. The molecule has 0 radical (unpaired) electrons. The first-order valence-corrected chi connectivity index (χ1v) is 5.99. The van der Waals surface area contributed by atoms with Crippen LogP contribution in [-0.4, -0.2) is 35.6 Å². The number of benzene rings is 1. The molecule has 1 aromatic carbocycles. The Morgan fingerprint density at radius 3 is 2.69 bits per heavy atom. The Labute approximate surface area is 104 Å². The highest BCUT2D eigenvalue weighted by atomic mass is 79.9. The van der Waals surface area contributed by atoms with E-state index in [2.05, 4.69) is 15.9 Å². The van der Waals surface area contributed by atoms with Crippen LogP contribution in [0.5, 0.6) is 0 Å². The molecule has 0 aromatic heterocycles. The van der Waals surface area contributed by atoms with Crippen molar-refractivity contribution < 1.29 is 9.90 Å². The number of aliphatic hydroxyl groups is 1. The molecule has 0 fully saturated rings. The van der Waals surface area contributed by atoms with Gasteiger partial charge >= 0.3 is 0 Å². The number of carbonyl (C=O) groups excluding carboxylic acids is 1. The summed E-state index contributed by atoms with van der Waals surface area (Å²) in [4.78, 5) is 13.6. The molecule has 0 saturated carbocycles. The fraction of sp³-hybridized carbons (Fsp3) is 0.417. The zero-order chi connectivity index (χ0) is 12.1. The second-order valence-electron chi connectivity index (χ2n) is 3.84. The monoisotopic (exact) mass is 285 g/mol. The van der Waals surface area contributed by atoms with E-state index in [0.29, 0.717) is 18.5 Å². The lowest BCUT2D eigenvalue weighted by Gasteiger charge is -2.18. The van der Waals surface area contributed by atoms with Gasteiger partial charge < -0.3 is 10.0 Å². The van der Waals surface area contributed by atoms with Crippen molar-refractivity contribution in [2.24, 2.45) is 0 Å². The summed E-state index contributed by atoms with van der Waals surface area (Å²) in [7, 11) is 1.74. The molecule has 16 heavy (non-hydrogen) atoms. The summed E-state index contributed by atoms with van der Waals surface area (Å²) < 4.78 is 0.795. The van der Waals surface area contributed by atoms with Crippen LogP contribution in [0.15, 0.2) is 28.7 Å². The zero-order valence-corrected chi connectivity index (χ0v) is 11.1. The van der Waals surface area contributed by atoms with Crippen molar-refractivity contribution >= 4 is 21.8 Å². The molecule has 1 atom stereocenters. The topological polar surface area (TPSA) is 40.5 Å². The molecular formula is C12H16BrNO2. The van der Waals surface area contributed by atoms with Crippen molar-refractivity contribution in [3.05, 3.63) is 34.3 Å². The number of aliphatic hydroxyl groups excluding tert-OH is 1.